The molecular formula is C13H24N2S2. The molecule has 0 saturated heterocycles. The van der Waals surface area contributed by atoms with E-state index >= 15 is 0 Å². The molecule has 0 bridgehead atoms. The van der Waals surface area contributed by atoms with Crippen LogP contribution >= 0.6 is 24.4 Å². The summed E-state index contributed by atoms with van der Waals surface area (Å²) < 4.78 is 0. The Kier molecular flexibility index (Phi) is 23.4. The molecule has 0 unspecified atom stereocenters. The summed E-state index contributed by atoms with van der Waals surface area (Å²) in [6.07, 6.45) is 8.68. The fourth-order valence-electron chi connectivity index (χ4n) is 1.15. The maximum atomic E-state index is 4.41. The standard InChI is InChI=1S/C7H13NS.C6H11NS/c1-2-3-4-5-6-8-7-9;1-2-3-4-5-7-6-8/h2-6H2,1H3;2-5H2,1H3. The minimum absolute atomic E-state index is 0.858. The lowest BCUT2D eigenvalue weighted by Crippen LogP contribution is -1.79. The molecule has 0 aliphatic rings. The Morgan fingerprint density at radius 1 is 0.706 bits per heavy atom. The molecule has 0 saturated carbocycles. The van der Waals surface area contributed by atoms with Crippen LogP contribution in [-0.4, -0.2) is 23.4 Å². The molecule has 0 fully saturated rings. The lowest BCUT2D eigenvalue weighted by atomic mass is 10.2. The van der Waals surface area contributed by atoms with Crippen molar-refractivity contribution < 1.29 is 0 Å². The summed E-state index contributed by atoms with van der Waals surface area (Å²) in [5, 5.41) is 4.69. The number of hydrogen-bond acceptors (Lipinski definition) is 4. The highest BCUT2D eigenvalue weighted by Crippen LogP contribution is 1.97. The molecule has 4 heteroatoms. The third-order valence-corrected chi connectivity index (χ3v) is 2.38. The Morgan fingerprint density at radius 2 is 1.12 bits per heavy atom. The molecule has 0 spiro atoms. The summed E-state index contributed by atoms with van der Waals surface area (Å²) >= 11 is 8.80. The number of isothiocyanates is 2. The van der Waals surface area contributed by atoms with Crippen LogP contribution in [0.2, 0.25) is 0 Å². The van der Waals surface area contributed by atoms with Crippen molar-refractivity contribution in [1.82, 2.24) is 0 Å². The monoisotopic (exact) mass is 272 g/mol. The van der Waals surface area contributed by atoms with E-state index in [-0.39, 0.29) is 0 Å². The van der Waals surface area contributed by atoms with Crippen molar-refractivity contribution in [2.45, 2.75) is 58.8 Å². The molecule has 98 valence electrons. The van der Waals surface area contributed by atoms with Crippen LogP contribution in [0.1, 0.15) is 58.8 Å². The third kappa shape index (κ3) is 25.7. The van der Waals surface area contributed by atoms with Gasteiger partial charge in [-0.3, -0.25) is 0 Å². The second kappa shape index (κ2) is 20.9. The van der Waals surface area contributed by atoms with E-state index < -0.39 is 0 Å². The quantitative estimate of drug-likeness (QED) is 0.337. The molecular weight excluding hydrogens is 248 g/mol. The SMILES string of the molecule is CCCCCCN=C=S.CCCCCN=C=S. The van der Waals surface area contributed by atoms with Gasteiger partial charge >= 0.3 is 0 Å². The first-order valence-electron chi connectivity index (χ1n) is 6.40. The molecule has 0 atom stereocenters. The molecule has 0 aromatic rings. The lowest BCUT2D eigenvalue weighted by molar-refractivity contribution is 0.676. The Hall–Kier alpha value is -0.400. The van der Waals surface area contributed by atoms with Crippen molar-refractivity contribution in [3.8, 4) is 0 Å². The number of thiocarbonyl (C=S) groups is 2. The predicted octanol–water partition coefficient (Wildman–Crippen LogP) is 4.95. The molecule has 0 aromatic carbocycles. The first-order chi connectivity index (χ1) is 8.33. The van der Waals surface area contributed by atoms with Crippen LogP contribution in [0, 0.1) is 0 Å². The van der Waals surface area contributed by atoms with E-state index in [0.717, 1.165) is 25.9 Å². The third-order valence-electron chi connectivity index (χ3n) is 2.13. The second-order valence-corrected chi connectivity index (χ2v) is 4.08. The van der Waals surface area contributed by atoms with E-state index in [1.807, 2.05) is 0 Å². The van der Waals surface area contributed by atoms with Gasteiger partial charge < -0.3 is 0 Å². The van der Waals surface area contributed by atoms with Gasteiger partial charge in [0.15, 0.2) is 0 Å². The van der Waals surface area contributed by atoms with Crippen molar-refractivity contribution in [1.29, 1.82) is 0 Å². The van der Waals surface area contributed by atoms with Gasteiger partial charge in [0.05, 0.1) is 10.3 Å². The maximum Gasteiger partial charge on any atom is 0.0584 e. The van der Waals surface area contributed by atoms with Gasteiger partial charge in [-0.25, -0.2) is 9.98 Å². The zero-order valence-electron chi connectivity index (χ0n) is 11.1. The molecule has 2 nitrogen and oxygen atoms in total. The van der Waals surface area contributed by atoms with Gasteiger partial charge in [-0.1, -0.05) is 46.0 Å². The Bertz CT molecular complexity index is 230. The summed E-state index contributed by atoms with van der Waals surface area (Å²) in [7, 11) is 0. The van der Waals surface area contributed by atoms with Crippen LogP contribution < -0.4 is 0 Å². The highest BCUT2D eigenvalue weighted by Gasteiger charge is 1.83. The zero-order valence-corrected chi connectivity index (χ0v) is 12.7. The van der Waals surface area contributed by atoms with Crippen LogP contribution in [0.3, 0.4) is 0 Å². The minimum atomic E-state index is 0.858. The molecule has 0 aliphatic heterocycles. The Labute approximate surface area is 117 Å². The minimum Gasteiger partial charge on any atom is -0.233 e. The molecule has 0 amide bonds. The van der Waals surface area contributed by atoms with Gasteiger partial charge in [-0.15, -0.1) is 0 Å². The van der Waals surface area contributed by atoms with Crippen molar-refractivity contribution in [2.24, 2.45) is 9.98 Å². The summed E-state index contributed by atoms with van der Waals surface area (Å²) in [5.74, 6) is 0. The fraction of sp³-hybridized carbons (Fsp3) is 0.846. The Balaban J connectivity index is 0. The van der Waals surface area contributed by atoms with Crippen molar-refractivity contribution in [3.63, 3.8) is 0 Å². The van der Waals surface area contributed by atoms with Gasteiger partial charge in [0, 0.05) is 13.1 Å². The number of unbranched alkanes of at least 4 members (excludes halogenated alkanes) is 5. The van der Waals surface area contributed by atoms with E-state index in [1.165, 1.54) is 32.1 Å². The zero-order chi connectivity index (χ0) is 13.2. The number of hydrogen-bond donors (Lipinski definition) is 0. The molecule has 0 N–H and O–H groups in total. The van der Waals surface area contributed by atoms with E-state index in [9.17, 15) is 0 Å². The first-order valence-corrected chi connectivity index (χ1v) is 7.22. The number of nitrogens with zero attached hydrogens (tertiary/aromatic N) is 2. The van der Waals surface area contributed by atoms with E-state index in [2.05, 4.69) is 58.6 Å². The lowest BCUT2D eigenvalue weighted by Gasteiger charge is -1.91. The summed E-state index contributed by atoms with van der Waals surface area (Å²) in [4.78, 5) is 7.58. The van der Waals surface area contributed by atoms with Gasteiger partial charge in [0.2, 0.25) is 0 Å². The molecule has 0 rings (SSSR count). The molecule has 0 radical (unpaired) electrons. The van der Waals surface area contributed by atoms with E-state index in [0.29, 0.717) is 0 Å². The number of rotatable bonds is 9. The van der Waals surface area contributed by atoms with Gasteiger partial charge in [0.1, 0.15) is 0 Å². The van der Waals surface area contributed by atoms with Gasteiger partial charge in [0.25, 0.3) is 0 Å². The van der Waals surface area contributed by atoms with Crippen LogP contribution in [0.5, 0.6) is 0 Å². The topological polar surface area (TPSA) is 24.7 Å². The average molecular weight is 272 g/mol. The van der Waals surface area contributed by atoms with Gasteiger partial charge in [-0.2, -0.15) is 0 Å². The summed E-state index contributed by atoms with van der Waals surface area (Å²) in [6, 6.07) is 0. The largest absolute Gasteiger partial charge is 0.233 e. The summed E-state index contributed by atoms with van der Waals surface area (Å²) in [5.41, 5.74) is 0. The van der Waals surface area contributed by atoms with E-state index in [4.69, 9.17) is 0 Å². The molecule has 0 aliphatic carbocycles. The molecule has 17 heavy (non-hydrogen) atoms. The van der Waals surface area contributed by atoms with Crippen LogP contribution in [-0.2, 0) is 0 Å². The predicted molar refractivity (Wildman–Crippen MR) is 83.5 cm³/mol. The highest BCUT2D eigenvalue weighted by molar-refractivity contribution is 7.78. The van der Waals surface area contributed by atoms with Crippen LogP contribution in [0.4, 0.5) is 0 Å². The van der Waals surface area contributed by atoms with Crippen molar-refractivity contribution in [3.05, 3.63) is 0 Å². The van der Waals surface area contributed by atoms with Gasteiger partial charge in [-0.05, 0) is 37.3 Å². The van der Waals surface area contributed by atoms with Crippen molar-refractivity contribution >= 4 is 34.8 Å². The second-order valence-electron chi connectivity index (χ2n) is 3.71. The van der Waals surface area contributed by atoms with Crippen LogP contribution in [0.25, 0.3) is 0 Å². The molecule has 0 aromatic heterocycles. The highest BCUT2D eigenvalue weighted by atomic mass is 32.1. The Morgan fingerprint density at radius 3 is 1.53 bits per heavy atom. The van der Waals surface area contributed by atoms with E-state index in [1.54, 1.807) is 0 Å². The molecule has 0 heterocycles. The fourth-order valence-corrected chi connectivity index (χ4v) is 1.33. The normalized spacial score (nSPS) is 8.35. The maximum absolute atomic E-state index is 4.41. The number of aliphatic imine (C=N–C) groups is 2. The van der Waals surface area contributed by atoms with Crippen LogP contribution in [0.15, 0.2) is 9.98 Å². The first kappa shape index (κ1) is 19.0. The van der Waals surface area contributed by atoms with Crippen molar-refractivity contribution in [2.75, 3.05) is 13.1 Å². The smallest absolute Gasteiger partial charge is 0.0584 e. The summed E-state index contributed by atoms with van der Waals surface area (Å²) in [6.45, 7) is 6.09. The average Bonchev–Trinajstić information content (AvgIpc) is 2.36.